The fraction of sp³-hybridized carbons (Fsp3) is 0.469. The van der Waals surface area contributed by atoms with Gasteiger partial charge in [-0.15, -0.1) is 0 Å². The molecule has 4 amide bonds. The van der Waals surface area contributed by atoms with E-state index < -0.39 is 47.5 Å². The molecule has 2 aromatic rings. The number of hydrogen-bond acceptors (Lipinski definition) is 6. The highest BCUT2D eigenvalue weighted by molar-refractivity contribution is 6.38. The maximum atomic E-state index is 13.7. The van der Waals surface area contributed by atoms with Gasteiger partial charge >= 0.3 is 0 Å². The van der Waals surface area contributed by atoms with E-state index in [4.69, 9.17) is 0 Å². The molecule has 3 N–H and O–H groups in total. The third-order valence-corrected chi connectivity index (χ3v) is 7.75. The van der Waals surface area contributed by atoms with E-state index in [1.54, 1.807) is 51.1 Å². The smallest absolute Gasteiger partial charge is 0.289 e. The number of hydrogen-bond donors (Lipinski definition) is 3. The molecule has 0 spiro atoms. The van der Waals surface area contributed by atoms with Gasteiger partial charge < -0.3 is 25.8 Å². The molecule has 0 aromatic heterocycles. The number of nitrogens with one attached hydrogen (secondary N) is 3. The summed E-state index contributed by atoms with van der Waals surface area (Å²) in [6.45, 7) is 6.71. The van der Waals surface area contributed by atoms with Crippen LogP contribution in [0, 0.1) is 5.92 Å². The van der Waals surface area contributed by atoms with E-state index in [-0.39, 0.29) is 18.4 Å². The van der Waals surface area contributed by atoms with Crippen molar-refractivity contribution in [1.29, 1.82) is 0 Å². The molecule has 10 heteroatoms. The monoisotopic (exact) mass is 577 g/mol. The normalized spacial score (nSPS) is 16.1. The van der Waals surface area contributed by atoms with Crippen LogP contribution in [0.15, 0.2) is 60.7 Å². The molecule has 3 rings (SSSR count). The molecule has 1 fully saturated rings. The Morgan fingerprint density at radius 1 is 0.881 bits per heavy atom. The highest BCUT2D eigenvalue weighted by Crippen LogP contribution is 2.12. The summed E-state index contributed by atoms with van der Waals surface area (Å²) >= 11 is 0. The molecule has 1 heterocycles. The predicted octanol–water partition coefficient (Wildman–Crippen LogP) is 1.79. The summed E-state index contributed by atoms with van der Waals surface area (Å²) in [5, 5.41) is 8.33. The van der Waals surface area contributed by atoms with E-state index in [0.717, 1.165) is 31.5 Å². The zero-order chi connectivity index (χ0) is 30.8. The molecular formula is C32H43N5O5. The molecule has 3 atom stereocenters. The summed E-state index contributed by atoms with van der Waals surface area (Å²) in [7, 11) is 3.50. The Kier molecular flexibility index (Phi) is 11.8. The molecule has 1 saturated heterocycles. The van der Waals surface area contributed by atoms with E-state index >= 15 is 0 Å². The van der Waals surface area contributed by atoms with Crippen LogP contribution in [0.1, 0.15) is 49.5 Å². The van der Waals surface area contributed by atoms with Gasteiger partial charge in [0.15, 0.2) is 0 Å². The summed E-state index contributed by atoms with van der Waals surface area (Å²) < 4.78 is 0. The first kappa shape index (κ1) is 32.5. The number of ketones is 1. The fourth-order valence-corrected chi connectivity index (χ4v) is 4.85. The second-order valence-corrected chi connectivity index (χ2v) is 11.4. The van der Waals surface area contributed by atoms with Crippen LogP contribution in [-0.2, 0) is 25.6 Å². The molecule has 226 valence electrons. The number of carbonyl (C=O) groups is 5. The van der Waals surface area contributed by atoms with Crippen molar-refractivity contribution in [2.45, 2.75) is 64.2 Å². The minimum Gasteiger partial charge on any atom is -0.347 e. The molecule has 0 bridgehead atoms. The van der Waals surface area contributed by atoms with Gasteiger partial charge in [-0.05, 0) is 63.5 Å². The Hall–Kier alpha value is -4.05. The number of nitrogens with zero attached hydrogens (tertiary/aromatic N) is 2. The predicted molar refractivity (Wildman–Crippen MR) is 161 cm³/mol. The summed E-state index contributed by atoms with van der Waals surface area (Å²) in [5.41, 5.74) is 1.25. The third-order valence-electron chi connectivity index (χ3n) is 7.75. The van der Waals surface area contributed by atoms with Crippen LogP contribution in [0.25, 0.3) is 0 Å². The minimum atomic E-state index is -1.05. The lowest BCUT2D eigenvalue weighted by molar-refractivity contribution is -0.143. The van der Waals surface area contributed by atoms with Crippen molar-refractivity contribution in [3.63, 3.8) is 0 Å². The van der Waals surface area contributed by atoms with E-state index in [2.05, 4.69) is 20.9 Å². The average molecular weight is 578 g/mol. The first-order valence-electron chi connectivity index (χ1n) is 14.5. The quantitative estimate of drug-likeness (QED) is 0.330. The van der Waals surface area contributed by atoms with Gasteiger partial charge in [0.1, 0.15) is 12.1 Å². The first-order chi connectivity index (χ1) is 20.0. The van der Waals surface area contributed by atoms with Crippen molar-refractivity contribution in [2.75, 3.05) is 27.2 Å². The second kappa shape index (κ2) is 15.3. The number of piperidine rings is 1. The minimum absolute atomic E-state index is 0.0866. The van der Waals surface area contributed by atoms with Gasteiger partial charge in [0.25, 0.3) is 11.8 Å². The van der Waals surface area contributed by atoms with E-state index in [9.17, 15) is 24.0 Å². The summed E-state index contributed by atoms with van der Waals surface area (Å²) in [5.74, 6) is -3.22. The number of Topliss-reactive ketones (excluding diaryl/α,β-unsaturated/α-hetero) is 1. The van der Waals surface area contributed by atoms with Gasteiger partial charge in [0.2, 0.25) is 17.6 Å². The Morgan fingerprint density at radius 2 is 1.45 bits per heavy atom. The SMILES string of the molecule is CC(C)[C@H](NC(=O)[C@H](C)N(C)C(=O)[C@H](Cc1ccccc1)NC(=O)c1ccccc1)C(=O)C(=O)NC1CCN(C)CC1. The van der Waals surface area contributed by atoms with Crippen LogP contribution < -0.4 is 16.0 Å². The van der Waals surface area contributed by atoms with Crippen molar-refractivity contribution in [3.8, 4) is 0 Å². The Labute approximate surface area is 248 Å². The Morgan fingerprint density at radius 3 is 2.02 bits per heavy atom. The van der Waals surface area contributed by atoms with Gasteiger partial charge in [-0.1, -0.05) is 62.4 Å². The van der Waals surface area contributed by atoms with Crippen molar-refractivity contribution in [1.82, 2.24) is 25.8 Å². The number of likely N-dealkylation sites (N-methyl/N-ethyl adjacent to an activating group) is 1. The molecule has 0 radical (unpaired) electrons. The largest absolute Gasteiger partial charge is 0.347 e. The number of rotatable bonds is 12. The van der Waals surface area contributed by atoms with Crippen molar-refractivity contribution in [3.05, 3.63) is 71.8 Å². The van der Waals surface area contributed by atoms with E-state index in [0.29, 0.717) is 5.56 Å². The highest BCUT2D eigenvalue weighted by Gasteiger charge is 2.35. The lowest BCUT2D eigenvalue weighted by atomic mass is 9.97. The van der Waals surface area contributed by atoms with Gasteiger partial charge in [-0.3, -0.25) is 24.0 Å². The van der Waals surface area contributed by atoms with Crippen molar-refractivity contribution < 1.29 is 24.0 Å². The molecule has 10 nitrogen and oxygen atoms in total. The number of amides is 4. The zero-order valence-corrected chi connectivity index (χ0v) is 25.1. The van der Waals surface area contributed by atoms with Crippen LogP contribution in [0.2, 0.25) is 0 Å². The number of benzene rings is 2. The molecule has 2 aromatic carbocycles. The standard InChI is InChI=1S/C32H43N5O5/c1-21(2)27(28(38)31(41)33-25-16-18-36(4)19-17-25)35-29(39)22(3)37(5)32(42)26(20-23-12-8-6-9-13-23)34-30(40)24-14-10-7-11-15-24/h6-15,21-22,25-27H,16-20H2,1-5H3,(H,33,41)(H,34,40)(H,35,39)/t22-,26-,27-/m0/s1. The van der Waals surface area contributed by atoms with Crippen LogP contribution in [-0.4, -0.2) is 90.6 Å². The maximum Gasteiger partial charge on any atom is 0.289 e. The van der Waals surface area contributed by atoms with Gasteiger partial charge in [0, 0.05) is 25.1 Å². The Balaban J connectivity index is 1.69. The summed E-state index contributed by atoms with van der Waals surface area (Å²) in [4.78, 5) is 69.2. The van der Waals surface area contributed by atoms with E-state index in [1.807, 2.05) is 37.4 Å². The lowest BCUT2D eigenvalue weighted by Gasteiger charge is -2.31. The lowest BCUT2D eigenvalue weighted by Crippen LogP contribution is -2.58. The van der Waals surface area contributed by atoms with Crippen molar-refractivity contribution >= 4 is 29.4 Å². The third kappa shape index (κ3) is 8.97. The maximum absolute atomic E-state index is 13.7. The summed E-state index contributed by atoms with van der Waals surface area (Å²) in [6, 6.07) is 14.8. The molecule has 0 unspecified atom stereocenters. The Bertz CT molecular complexity index is 1230. The fourth-order valence-electron chi connectivity index (χ4n) is 4.85. The van der Waals surface area contributed by atoms with Gasteiger partial charge in [0.05, 0.1) is 6.04 Å². The number of likely N-dealkylation sites (tertiary alicyclic amines) is 1. The van der Waals surface area contributed by atoms with E-state index in [1.165, 1.54) is 11.9 Å². The van der Waals surface area contributed by atoms with Gasteiger partial charge in [-0.25, -0.2) is 0 Å². The average Bonchev–Trinajstić information content (AvgIpc) is 2.99. The van der Waals surface area contributed by atoms with Crippen LogP contribution in [0.3, 0.4) is 0 Å². The molecular weight excluding hydrogens is 534 g/mol. The van der Waals surface area contributed by atoms with Crippen LogP contribution in [0.5, 0.6) is 0 Å². The second-order valence-electron chi connectivity index (χ2n) is 11.4. The van der Waals surface area contributed by atoms with Crippen LogP contribution in [0.4, 0.5) is 0 Å². The van der Waals surface area contributed by atoms with Crippen LogP contribution >= 0.6 is 0 Å². The zero-order valence-electron chi connectivity index (χ0n) is 25.1. The number of carbonyl (C=O) groups excluding carboxylic acids is 5. The topological polar surface area (TPSA) is 128 Å². The summed E-state index contributed by atoms with van der Waals surface area (Å²) in [6.07, 6.45) is 1.73. The van der Waals surface area contributed by atoms with Gasteiger partial charge in [-0.2, -0.15) is 0 Å². The first-order valence-corrected chi connectivity index (χ1v) is 14.5. The molecule has 0 aliphatic carbocycles. The molecule has 0 saturated carbocycles. The van der Waals surface area contributed by atoms with Crippen molar-refractivity contribution in [2.24, 2.45) is 5.92 Å². The molecule has 1 aliphatic heterocycles. The highest BCUT2D eigenvalue weighted by atomic mass is 16.2. The molecule has 42 heavy (non-hydrogen) atoms. The molecule has 1 aliphatic rings.